The lowest BCUT2D eigenvalue weighted by molar-refractivity contribution is -0.127. The van der Waals surface area contributed by atoms with Crippen LogP contribution in [0.15, 0.2) is 31.2 Å². The average Bonchev–Trinajstić information content (AvgIpc) is 3.34. The number of fused-ring (bicyclic) bond motifs is 1. The molecule has 4 rings (SSSR count). The zero-order valence-corrected chi connectivity index (χ0v) is 16.9. The molecule has 3 N–H and O–H groups in total. The Morgan fingerprint density at radius 2 is 2.34 bits per heavy atom. The van der Waals surface area contributed by atoms with Gasteiger partial charge in [0.2, 0.25) is 11.9 Å². The van der Waals surface area contributed by atoms with Crippen LogP contribution in [0.1, 0.15) is 19.8 Å². The Morgan fingerprint density at radius 1 is 1.48 bits per heavy atom. The number of hydrogen-bond donors (Lipinski definition) is 3. The number of aryl methyl sites for hydroxylation is 1. The van der Waals surface area contributed by atoms with Crippen LogP contribution in [-0.4, -0.2) is 54.7 Å². The first-order valence-electron chi connectivity index (χ1n) is 9.59. The van der Waals surface area contributed by atoms with E-state index in [4.69, 9.17) is 11.6 Å². The van der Waals surface area contributed by atoms with Crippen molar-refractivity contribution in [1.29, 1.82) is 0 Å². The molecule has 29 heavy (non-hydrogen) atoms. The number of piperidine rings is 1. The van der Waals surface area contributed by atoms with E-state index >= 15 is 0 Å². The fraction of sp³-hybridized carbons (Fsp3) is 0.368. The highest BCUT2D eigenvalue weighted by atomic mass is 35.5. The molecule has 0 radical (unpaired) electrons. The smallest absolute Gasteiger partial charge is 0.246 e. The van der Waals surface area contributed by atoms with Crippen LogP contribution in [0.4, 0.5) is 17.5 Å². The number of carbonyl (C=O) groups is 1. The van der Waals surface area contributed by atoms with Crippen molar-refractivity contribution in [2.75, 3.05) is 23.7 Å². The predicted octanol–water partition coefficient (Wildman–Crippen LogP) is 3.16. The molecule has 0 saturated carbocycles. The van der Waals surface area contributed by atoms with Gasteiger partial charge in [-0.3, -0.25) is 9.48 Å². The van der Waals surface area contributed by atoms with Gasteiger partial charge >= 0.3 is 0 Å². The van der Waals surface area contributed by atoms with Crippen molar-refractivity contribution in [3.05, 3.63) is 36.3 Å². The second kappa shape index (κ2) is 8.12. The largest absolute Gasteiger partial charge is 0.365 e. The molecule has 10 heteroatoms. The van der Waals surface area contributed by atoms with Gasteiger partial charge in [-0.05, 0) is 25.8 Å². The molecule has 1 aliphatic heterocycles. The molecule has 0 unspecified atom stereocenters. The maximum atomic E-state index is 12.0. The van der Waals surface area contributed by atoms with Gasteiger partial charge in [0.05, 0.1) is 22.3 Å². The summed E-state index contributed by atoms with van der Waals surface area (Å²) in [6.07, 6.45) is 8.51. The number of rotatable bonds is 6. The molecular weight excluding hydrogens is 392 g/mol. The van der Waals surface area contributed by atoms with Gasteiger partial charge in [0.15, 0.2) is 0 Å². The van der Waals surface area contributed by atoms with E-state index in [1.165, 1.54) is 6.08 Å². The first-order chi connectivity index (χ1) is 14.1. The summed E-state index contributed by atoms with van der Waals surface area (Å²) in [5.41, 5.74) is 1.43. The lowest BCUT2D eigenvalue weighted by Gasteiger charge is -2.33. The number of likely N-dealkylation sites (tertiary alicyclic amines) is 1. The molecule has 1 aliphatic rings. The third kappa shape index (κ3) is 4.04. The van der Waals surface area contributed by atoms with Crippen LogP contribution >= 0.6 is 11.6 Å². The average molecular weight is 415 g/mol. The van der Waals surface area contributed by atoms with Gasteiger partial charge in [-0.1, -0.05) is 18.2 Å². The molecule has 1 atom stereocenters. The third-order valence-corrected chi connectivity index (χ3v) is 5.24. The first kappa shape index (κ1) is 19.3. The maximum Gasteiger partial charge on any atom is 0.246 e. The van der Waals surface area contributed by atoms with Crippen molar-refractivity contribution >= 4 is 46.0 Å². The van der Waals surface area contributed by atoms with Crippen LogP contribution in [-0.2, 0) is 11.3 Å². The SMILES string of the molecule is C=CC(=O)N1CCC[C@@H](Nc2nc(Nc3cnn(CC)c3)nc3[nH]cc(Cl)c23)C1. The van der Waals surface area contributed by atoms with Crippen LogP contribution in [0.25, 0.3) is 11.0 Å². The molecule has 0 aliphatic carbocycles. The molecule has 0 spiro atoms. The number of aromatic amines is 1. The van der Waals surface area contributed by atoms with Crippen LogP contribution in [0, 0.1) is 0 Å². The topological polar surface area (TPSA) is 104 Å². The second-order valence-corrected chi connectivity index (χ2v) is 7.34. The Bertz CT molecular complexity index is 1040. The number of H-pyrrole nitrogens is 1. The summed E-state index contributed by atoms with van der Waals surface area (Å²) in [5.74, 6) is 1.01. The van der Waals surface area contributed by atoms with Crippen molar-refractivity contribution < 1.29 is 4.79 Å². The van der Waals surface area contributed by atoms with Crippen LogP contribution in [0.2, 0.25) is 5.02 Å². The van der Waals surface area contributed by atoms with Gasteiger partial charge in [-0.2, -0.15) is 15.1 Å². The van der Waals surface area contributed by atoms with Gasteiger partial charge < -0.3 is 20.5 Å². The lowest BCUT2D eigenvalue weighted by atomic mass is 10.1. The molecule has 152 valence electrons. The number of amides is 1. The Hall–Kier alpha value is -3.07. The molecule has 4 heterocycles. The monoisotopic (exact) mass is 414 g/mol. The van der Waals surface area contributed by atoms with Crippen molar-refractivity contribution in [1.82, 2.24) is 29.6 Å². The number of anilines is 3. The number of nitrogens with one attached hydrogen (secondary N) is 3. The summed E-state index contributed by atoms with van der Waals surface area (Å²) in [7, 11) is 0. The fourth-order valence-corrected chi connectivity index (χ4v) is 3.74. The maximum absolute atomic E-state index is 12.0. The molecule has 0 bridgehead atoms. The molecule has 0 aromatic carbocycles. The second-order valence-electron chi connectivity index (χ2n) is 6.94. The summed E-state index contributed by atoms with van der Waals surface area (Å²) >= 11 is 6.37. The summed E-state index contributed by atoms with van der Waals surface area (Å²) in [6, 6.07) is 0.0624. The van der Waals surface area contributed by atoms with E-state index in [1.807, 2.05) is 17.8 Å². The van der Waals surface area contributed by atoms with Crippen LogP contribution in [0.5, 0.6) is 0 Å². The quantitative estimate of drug-likeness (QED) is 0.535. The zero-order chi connectivity index (χ0) is 20.4. The minimum Gasteiger partial charge on any atom is -0.365 e. The van der Waals surface area contributed by atoms with Crippen LogP contribution < -0.4 is 10.6 Å². The summed E-state index contributed by atoms with van der Waals surface area (Å²) in [4.78, 5) is 26.0. The molecule has 1 fully saturated rings. The molecular formula is C19H23ClN8O. The van der Waals surface area contributed by atoms with Gasteiger partial charge in [0, 0.05) is 38.1 Å². The molecule has 3 aromatic rings. The number of carbonyl (C=O) groups excluding carboxylic acids is 1. The van der Waals surface area contributed by atoms with E-state index < -0.39 is 0 Å². The van der Waals surface area contributed by atoms with Gasteiger partial charge in [-0.25, -0.2) is 0 Å². The van der Waals surface area contributed by atoms with E-state index in [9.17, 15) is 4.79 Å². The Labute approximate surface area is 173 Å². The normalized spacial score (nSPS) is 16.8. The number of nitrogens with zero attached hydrogens (tertiary/aromatic N) is 5. The van der Waals surface area contributed by atoms with E-state index in [-0.39, 0.29) is 11.9 Å². The predicted molar refractivity (Wildman–Crippen MR) is 114 cm³/mol. The minimum absolute atomic E-state index is 0.0562. The first-order valence-corrected chi connectivity index (χ1v) is 9.97. The van der Waals surface area contributed by atoms with E-state index in [1.54, 1.807) is 17.3 Å². The Kier molecular flexibility index (Phi) is 5.39. The number of aromatic nitrogens is 5. The molecule has 1 saturated heterocycles. The van der Waals surface area contributed by atoms with E-state index in [0.29, 0.717) is 29.0 Å². The Morgan fingerprint density at radius 3 is 3.10 bits per heavy atom. The number of halogens is 1. The highest BCUT2D eigenvalue weighted by Gasteiger charge is 2.24. The van der Waals surface area contributed by atoms with E-state index in [2.05, 4.69) is 37.3 Å². The number of hydrogen-bond acceptors (Lipinski definition) is 6. The van der Waals surface area contributed by atoms with Crippen molar-refractivity contribution in [2.24, 2.45) is 0 Å². The van der Waals surface area contributed by atoms with E-state index in [0.717, 1.165) is 37.0 Å². The van der Waals surface area contributed by atoms with Crippen molar-refractivity contribution in [2.45, 2.75) is 32.4 Å². The van der Waals surface area contributed by atoms with Gasteiger partial charge in [0.25, 0.3) is 0 Å². The standard InChI is InChI=1S/C19H23ClN8O/c1-3-15(29)27-7-5-6-12(10-27)23-18-16-14(20)9-21-17(16)25-19(26-18)24-13-8-22-28(4-2)11-13/h3,8-9,11-12H,1,4-7,10H2,2H3,(H3,21,23,24,25,26)/t12-/m1/s1. The van der Waals surface area contributed by atoms with Crippen molar-refractivity contribution in [3.8, 4) is 0 Å². The minimum atomic E-state index is -0.0562. The molecule has 1 amide bonds. The van der Waals surface area contributed by atoms with Gasteiger partial charge in [0.1, 0.15) is 11.5 Å². The summed E-state index contributed by atoms with van der Waals surface area (Å²) in [6.45, 7) is 7.71. The Balaban J connectivity index is 1.61. The zero-order valence-electron chi connectivity index (χ0n) is 16.2. The molecule has 9 nitrogen and oxygen atoms in total. The highest BCUT2D eigenvalue weighted by Crippen LogP contribution is 2.31. The van der Waals surface area contributed by atoms with Gasteiger partial charge in [-0.15, -0.1) is 0 Å². The van der Waals surface area contributed by atoms with Crippen molar-refractivity contribution in [3.63, 3.8) is 0 Å². The molecule has 3 aromatic heterocycles. The lowest BCUT2D eigenvalue weighted by Crippen LogP contribution is -2.44. The third-order valence-electron chi connectivity index (χ3n) is 4.95. The summed E-state index contributed by atoms with van der Waals surface area (Å²) in [5, 5.41) is 12.2. The summed E-state index contributed by atoms with van der Waals surface area (Å²) < 4.78 is 1.82. The highest BCUT2D eigenvalue weighted by molar-refractivity contribution is 6.36. The fourth-order valence-electron chi connectivity index (χ4n) is 3.50. The van der Waals surface area contributed by atoms with Crippen LogP contribution in [0.3, 0.4) is 0 Å².